The fourth-order valence-electron chi connectivity index (χ4n) is 4.83. The number of nitrogens with one attached hydrogen (secondary N) is 1. The Hall–Kier alpha value is -2.90. The van der Waals surface area contributed by atoms with Crippen molar-refractivity contribution in [3.63, 3.8) is 0 Å². The highest BCUT2D eigenvalue weighted by molar-refractivity contribution is 5.87. The van der Waals surface area contributed by atoms with E-state index in [2.05, 4.69) is 15.6 Å². The Morgan fingerprint density at radius 3 is 2.76 bits per heavy atom. The normalized spacial score (nSPS) is 25.2. The molecule has 2 aromatic rings. The van der Waals surface area contributed by atoms with Gasteiger partial charge < -0.3 is 15.0 Å². The molecule has 29 heavy (non-hydrogen) atoms. The second-order valence-electron chi connectivity index (χ2n) is 7.84. The maximum absolute atomic E-state index is 13.2. The minimum Gasteiger partial charge on any atom is -0.484 e. The second-order valence-corrected chi connectivity index (χ2v) is 7.84. The largest absolute Gasteiger partial charge is 0.484 e. The van der Waals surface area contributed by atoms with Crippen molar-refractivity contribution in [2.75, 3.05) is 6.61 Å². The van der Waals surface area contributed by atoms with Crippen LogP contribution in [0.4, 0.5) is 0 Å². The van der Waals surface area contributed by atoms with Crippen LogP contribution < -0.4 is 10.1 Å². The van der Waals surface area contributed by atoms with Gasteiger partial charge in [-0.25, -0.2) is 4.63 Å². The van der Waals surface area contributed by atoms with Crippen LogP contribution in [0.3, 0.4) is 0 Å². The summed E-state index contributed by atoms with van der Waals surface area (Å²) in [5.41, 5.74) is 0.715. The number of hydrogen-bond acceptors (Lipinski definition) is 6. The summed E-state index contributed by atoms with van der Waals surface area (Å²) in [7, 11) is 0. The monoisotopic (exact) mass is 398 g/mol. The number of aryl methyl sites for hydroxylation is 1. The molecule has 1 N–H and O–H groups in total. The molecule has 8 nitrogen and oxygen atoms in total. The van der Waals surface area contributed by atoms with E-state index in [0.29, 0.717) is 30.0 Å². The van der Waals surface area contributed by atoms with Crippen molar-refractivity contribution in [2.24, 2.45) is 5.41 Å². The van der Waals surface area contributed by atoms with Crippen molar-refractivity contribution in [3.05, 3.63) is 41.7 Å². The molecular weight excluding hydrogens is 372 g/mol. The predicted molar refractivity (Wildman–Crippen MR) is 104 cm³/mol. The summed E-state index contributed by atoms with van der Waals surface area (Å²) in [6.07, 6.45) is 3.14. The number of carbonyl (C=O) groups is 2. The lowest BCUT2D eigenvalue weighted by molar-refractivity contribution is -0.138. The zero-order chi connectivity index (χ0) is 20.4. The molecule has 0 aliphatic carbocycles. The van der Waals surface area contributed by atoms with E-state index in [0.717, 1.165) is 12.8 Å². The summed E-state index contributed by atoms with van der Waals surface area (Å²) in [6.45, 7) is 4.07. The fourth-order valence-corrected chi connectivity index (χ4v) is 4.83. The van der Waals surface area contributed by atoms with E-state index in [-0.39, 0.29) is 37.0 Å². The lowest BCUT2D eigenvalue weighted by Crippen LogP contribution is -2.50. The first-order valence-corrected chi connectivity index (χ1v) is 10.1. The predicted octanol–water partition coefficient (Wildman–Crippen LogP) is 2.23. The molecule has 0 saturated carbocycles. The third-order valence-electron chi connectivity index (χ3n) is 6.38. The molecule has 1 aromatic carbocycles. The summed E-state index contributed by atoms with van der Waals surface area (Å²) < 4.78 is 10.4. The molecule has 2 bridgehead atoms. The molecule has 2 saturated heterocycles. The molecule has 1 aromatic heterocycles. The first-order chi connectivity index (χ1) is 14.0. The van der Waals surface area contributed by atoms with E-state index >= 15 is 0 Å². The van der Waals surface area contributed by atoms with E-state index in [4.69, 9.17) is 9.37 Å². The van der Waals surface area contributed by atoms with Crippen LogP contribution in [-0.4, -0.2) is 45.7 Å². The van der Waals surface area contributed by atoms with Gasteiger partial charge in [-0.15, -0.1) is 0 Å². The Kier molecular flexibility index (Phi) is 5.25. The number of benzene rings is 1. The van der Waals surface area contributed by atoms with Gasteiger partial charge in [0.05, 0.1) is 12.0 Å². The molecule has 2 aliphatic heterocycles. The summed E-state index contributed by atoms with van der Waals surface area (Å²) in [5, 5.41) is 10.6. The first kappa shape index (κ1) is 19.4. The minimum absolute atomic E-state index is 0.0117. The van der Waals surface area contributed by atoms with Crippen LogP contribution in [0.1, 0.15) is 44.0 Å². The van der Waals surface area contributed by atoms with Crippen molar-refractivity contribution in [2.45, 2.75) is 58.2 Å². The number of para-hydroxylation sites is 1. The lowest BCUT2D eigenvalue weighted by Gasteiger charge is -2.35. The molecule has 0 radical (unpaired) electrons. The third kappa shape index (κ3) is 3.47. The number of hydrogen-bond donors (Lipinski definition) is 1. The second kappa shape index (κ2) is 7.85. The molecule has 0 unspecified atom stereocenters. The van der Waals surface area contributed by atoms with Crippen molar-refractivity contribution in [3.8, 4) is 5.75 Å². The van der Waals surface area contributed by atoms with E-state index < -0.39 is 5.41 Å². The molecule has 3 heterocycles. The number of rotatable bonds is 7. The Balaban J connectivity index is 1.43. The molecular formula is C21H26N4O4. The SMILES string of the molecule is CC[C@@]1(C(=O)NCc2nonc2C)C[C@@H]2CC[C@H]1N2C(=O)COc1ccccc1. The molecule has 4 rings (SSSR count). The highest BCUT2D eigenvalue weighted by Gasteiger charge is 2.60. The molecule has 0 spiro atoms. The number of amides is 2. The molecule has 3 atom stereocenters. The van der Waals surface area contributed by atoms with E-state index in [1.54, 1.807) is 6.92 Å². The smallest absolute Gasteiger partial charge is 0.261 e. The third-order valence-corrected chi connectivity index (χ3v) is 6.38. The molecule has 2 amide bonds. The number of ether oxygens (including phenoxy) is 1. The van der Waals surface area contributed by atoms with Gasteiger partial charge in [0.15, 0.2) is 6.61 Å². The van der Waals surface area contributed by atoms with Crippen molar-refractivity contribution < 1.29 is 19.0 Å². The topological polar surface area (TPSA) is 97.6 Å². The maximum atomic E-state index is 13.2. The number of fused-ring (bicyclic) bond motifs is 2. The standard InChI is InChI=1S/C21H26N4O4/c1-3-21(20(27)22-12-17-14(2)23-29-24-17)11-15-9-10-18(21)25(15)19(26)13-28-16-7-5-4-6-8-16/h4-8,15,18H,3,9-13H2,1-2H3,(H,22,27)/t15-,18+,21+/m0/s1. The van der Waals surface area contributed by atoms with E-state index in [1.165, 1.54) is 0 Å². The quantitative estimate of drug-likeness (QED) is 0.768. The van der Waals surface area contributed by atoms with Crippen LogP contribution >= 0.6 is 0 Å². The summed E-state index contributed by atoms with van der Waals surface area (Å²) in [5.74, 6) is 0.584. The summed E-state index contributed by atoms with van der Waals surface area (Å²) >= 11 is 0. The fraction of sp³-hybridized carbons (Fsp3) is 0.524. The Morgan fingerprint density at radius 2 is 2.07 bits per heavy atom. The van der Waals surface area contributed by atoms with E-state index in [1.807, 2.05) is 42.2 Å². The van der Waals surface area contributed by atoms with Crippen LogP contribution in [0.15, 0.2) is 35.0 Å². The molecule has 154 valence electrons. The summed E-state index contributed by atoms with van der Waals surface area (Å²) in [4.78, 5) is 28.0. The maximum Gasteiger partial charge on any atom is 0.261 e. The van der Waals surface area contributed by atoms with Gasteiger partial charge in [-0.3, -0.25) is 9.59 Å². The van der Waals surface area contributed by atoms with Crippen molar-refractivity contribution >= 4 is 11.8 Å². The van der Waals surface area contributed by atoms with Crippen LogP contribution in [0.5, 0.6) is 5.75 Å². The highest BCUT2D eigenvalue weighted by atomic mass is 16.6. The zero-order valence-corrected chi connectivity index (χ0v) is 16.8. The summed E-state index contributed by atoms with van der Waals surface area (Å²) in [6, 6.07) is 9.30. The van der Waals surface area contributed by atoms with Crippen LogP contribution in [-0.2, 0) is 16.1 Å². The van der Waals surface area contributed by atoms with Gasteiger partial charge in [0, 0.05) is 12.1 Å². The Bertz CT molecular complexity index is 884. The molecule has 8 heteroatoms. The number of nitrogens with zero attached hydrogens (tertiary/aromatic N) is 3. The Morgan fingerprint density at radius 1 is 1.28 bits per heavy atom. The van der Waals surface area contributed by atoms with Gasteiger partial charge >= 0.3 is 0 Å². The zero-order valence-electron chi connectivity index (χ0n) is 16.8. The van der Waals surface area contributed by atoms with Crippen LogP contribution in [0.2, 0.25) is 0 Å². The van der Waals surface area contributed by atoms with Crippen molar-refractivity contribution in [1.82, 2.24) is 20.5 Å². The van der Waals surface area contributed by atoms with Gasteiger partial charge in [-0.2, -0.15) is 0 Å². The first-order valence-electron chi connectivity index (χ1n) is 10.1. The average Bonchev–Trinajstić information content (AvgIpc) is 3.44. The lowest BCUT2D eigenvalue weighted by atomic mass is 9.71. The van der Waals surface area contributed by atoms with Gasteiger partial charge in [0.25, 0.3) is 5.91 Å². The average molecular weight is 398 g/mol. The van der Waals surface area contributed by atoms with E-state index in [9.17, 15) is 9.59 Å². The van der Waals surface area contributed by atoms with Crippen molar-refractivity contribution in [1.29, 1.82) is 0 Å². The molecule has 2 fully saturated rings. The number of carbonyl (C=O) groups excluding carboxylic acids is 2. The minimum atomic E-state index is -0.573. The van der Waals surface area contributed by atoms with Gasteiger partial charge in [-0.05, 0) is 44.7 Å². The van der Waals surface area contributed by atoms with Gasteiger partial charge in [0.2, 0.25) is 5.91 Å². The van der Waals surface area contributed by atoms with Crippen LogP contribution in [0.25, 0.3) is 0 Å². The van der Waals surface area contributed by atoms with Crippen LogP contribution in [0, 0.1) is 12.3 Å². The van der Waals surface area contributed by atoms with Gasteiger partial charge in [0.1, 0.15) is 17.1 Å². The highest BCUT2D eigenvalue weighted by Crippen LogP contribution is 2.52. The Labute approximate surface area is 169 Å². The molecule has 2 aliphatic rings. The number of aromatic nitrogens is 2. The van der Waals surface area contributed by atoms with Gasteiger partial charge in [-0.1, -0.05) is 35.4 Å².